The second-order valence-electron chi connectivity index (χ2n) is 2.12. The molecule has 1 rings (SSSR count). The summed E-state index contributed by atoms with van der Waals surface area (Å²) < 4.78 is 0. The van der Waals surface area contributed by atoms with Gasteiger partial charge in [-0.15, -0.1) is 0 Å². The van der Waals surface area contributed by atoms with E-state index in [9.17, 15) is 0 Å². The van der Waals surface area contributed by atoms with Gasteiger partial charge >= 0.3 is 0 Å². The predicted octanol–water partition coefficient (Wildman–Crippen LogP) is 1.16. The summed E-state index contributed by atoms with van der Waals surface area (Å²) in [5.74, 6) is 0. The Morgan fingerprint density at radius 3 is 0.714 bits per heavy atom. The van der Waals surface area contributed by atoms with E-state index in [2.05, 4.69) is 0 Å². The molecule has 7 heavy (non-hydrogen) atoms. The molecule has 0 unspecified atom stereocenters. The lowest BCUT2D eigenvalue weighted by Gasteiger charge is -2.05. The second-order valence-corrected chi connectivity index (χ2v) is 2.12. The average molecular weight is 114 g/mol. The first-order valence-corrected chi connectivity index (χ1v) is 3.00. The highest BCUT2D eigenvalue weighted by atomic mass is 27.0. The van der Waals surface area contributed by atoms with E-state index in [0.717, 1.165) is 0 Å². The Labute approximate surface area is 56.4 Å². The van der Waals surface area contributed by atoms with Gasteiger partial charge in [0, 0.05) is 0 Å². The molecular formula is C6H15Al. The molecule has 0 aromatic rings. The quantitative estimate of drug-likeness (QED) is 0.414. The topological polar surface area (TPSA) is 0 Å². The zero-order valence-corrected chi connectivity index (χ0v) is 4.24. The normalized spacial score (nSPS) is 20.6. The van der Waals surface area contributed by atoms with E-state index >= 15 is 0 Å². The summed E-state index contributed by atoms with van der Waals surface area (Å²) >= 11 is 0. The molecule has 0 aromatic heterocycles. The largest absolute Gasteiger partial charge is 0.187 e. The summed E-state index contributed by atoms with van der Waals surface area (Å²) in [6.45, 7) is 0. The number of rotatable bonds is 0. The van der Waals surface area contributed by atoms with Gasteiger partial charge in [0.25, 0.3) is 0 Å². The smallest absolute Gasteiger partial charge is 0.0533 e. The van der Waals surface area contributed by atoms with Crippen molar-refractivity contribution >= 4 is 17.4 Å². The molecule has 42 valence electrons. The summed E-state index contributed by atoms with van der Waals surface area (Å²) in [7, 11) is 0. The van der Waals surface area contributed by atoms with E-state index in [4.69, 9.17) is 0 Å². The third kappa shape index (κ3) is 3.14. The van der Waals surface area contributed by atoms with E-state index < -0.39 is 0 Å². The molecule has 1 heteroatoms. The summed E-state index contributed by atoms with van der Waals surface area (Å²) in [5, 5.41) is 0. The number of hydrogen-bond acceptors (Lipinski definition) is 0. The number of hydrogen-bond donors (Lipinski definition) is 0. The molecular weight excluding hydrogens is 99.0 g/mol. The van der Waals surface area contributed by atoms with Crippen LogP contribution in [-0.4, -0.2) is 17.4 Å². The van der Waals surface area contributed by atoms with E-state index in [-0.39, 0.29) is 17.4 Å². The van der Waals surface area contributed by atoms with Gasteiger partial charge in [-0.25, -0.2) is 0 Å². The van der Waals surface area contributed by atoms with E-state index in [1.807, 2.05) is 0 Å². The molecule has 0 radical (unpaired) electrons. The maximum atomic E-state index is 1.50. The van der Waals surface area contributed by atoms with Gasteiger partial charge in [0.05, 0.1) is 0 Å². The van der Waals surface area contributed by atoms with Crippen molar-refractivity contribution in [1.29, 1.82) is 0 Å². The zero-order valence-electron chi connectivity index (χ0n) is 4.24. The van der Waals surface area contributed by atoms with Gasteiger partial charge in [-0.05, 0) is 0 Å². The van der Waals surface area contributed by atoms with E-state index in [1.165, 1.54) is 38.5 Å². The highest BCUT2D eigenvalue weighted by Crippen LogP contribution is 2.15. The molecule has 0 heterocycles. The molecule has 1 saturated carbocycles. The van der Waals surface area contributed by atoms with Crippen LogP contribution in [0.2, 0.25) is 0 Å². The van der Waals surface area contributed by atoms with Gasteiger partial charge in [0.15, 0.2) is 17.4 Å². The summed E-state index contributed by atoms with van der Waals surface area (Å²) in [5.41, 5.74) is 0. The highest BCUT2D eigenvalue weighted by molar-refractivity contribution is 5.75. The van der Waals surface area contributed by atoms with Crippen molar-refractivity contribution in [1.82, 2.24) is 0 Å². The predicted molar refractivity (Wildman–Crippen MR) is 37.6 cm³/mol. The van der Waals surface area contributed by atoms with Crippen LogP contribution in [0, 0.1) is 0 Å². The fraction of sp³-hybridized carbons (Fsp3) is 1.00. The third-order valence-electron chi connectivity index (χ3n) is 1.50. The van der Waals surface area contributed by atoms with Crippen LogP contribution < -0.4 is 0 Å². The molecule has 0 aliphatic heterocycles. The minimum atomic E-state index is 0. The first-order valence-electron chi connectivity index (χ1n) is 3.00. The minimum absolute atomic E-state index is 0. The molecule has 0 saturated heterocycles. The Morgan fingerprint density at radius 1 is 0.429 bits per heavy atom. The van der Waals surface area contributed by atoms with Gasteiger partial charge in [-0.3, -0.25) is 0 Å². The maximum Gasteiger partial charge on any atom is 0.187 e. The Balaban J connectivity index is 0.000000360. The summed E-state index contributed by atoms with van der Waals surface area (Å²) in [6.07, 6.45) is 9.00. The van der Waals surface area contributed by atoms with Gasteiger partial charge < -0.3 is 0 Å². The molecule has 0 atom stereocenters. The first kappa shape index (κ1) is 7.53. The van der Waals surface area contributed by atoms with Crippen molar-refractivity contribution in [3.05, 3.63) is 0 Å². The maximum absolute atomic E-state index is 1.50. The summed E-state index contributed by atoms with van der Waals surface area (Å²) in [4.78, 5) is 0. The second kappa shape index (κ2) is 4.69. The van der Waals surface area contributed by atoms with Crippen LogP contribution in [0.4, 0.5) is 0 Å². The standard InChI is InChI=1S/C6H12.Al.3H/c1-2-4-6-5-3-1;;;;/h1-6H2;;;;. The molecule has 0 aromatic carbocycles. The lowest BCUT2D eigenvalue weighted by molar-refractivity contribution is 0.504. The van der Waals surface area contributed by atoms with Gasteiger partial charge in [0.1, 0.15) is 0 Å². The van der Waals surface area contributed by atoms with E-state index in [1.54, 1.807) is 0 Å². The Bertz CT molecular complexity index is 19.7. The van der Waals surface area contributed by atoms with Crippen LogP contribution in [0.25, 0.3) is 0 Å². The van der Waals surface area contributed by atoms with Crippen molar-refractivity contribution in [3.63, 3.8) is 0 Å². The van der Waals surface area contributed by atoms with Crippen LogP contribution in [0.1, 0.15) is 38.5 Å². The van der Waals surface area contributed by atoms with Gasteiger partial charge in [0.2, 0.25) is 0 Å². The molecule has 0 amide bonds. The van der Waals surface area contributed by atoms with Gasteiger partial charge in [-0.1, -0.05) is 38.5 Å². The monoisotopic (exact) mass is 114 g/mol. The van der Waals surface area contributed by atoms with Crippen LogP contribution in [0.3, 0.4) is 0 Å². The fourth-order valence-corrected chi connectivity index (χ4v) is 1.06. The van der Waals surface area contributed by atoms with Crippen molar-refractivity contribution < 1.29 is 0 Å². The molecule has 0 nitrogen and oxygen atoms in total. The molecule has 1 aliphatic carbocycles. The van der Waals surface area contributed by atoms with Crippen LogP contribution in [-0.2, 0) is 0 Å². The first-order chi connectivity index (χ1) is 3.00. The fourth-order valence-electron chi connectivity index (χ4n) is 1.06. The third-order valence-corrected chi connectivity index (χ3v) is 1.50. The lowest BCUT2D eigenvalue weighted by atomic mass is 10.0. The Morgan fingerprint density at radius 2 is 0.571 bits per heavy atom. The van der Waals surface area contributed by atoms with Crippen LogP contribution >= 0.6 is 0 Å². The minimum Gasteiger partial charge on any atom is -0.0533 e. The zero-order chi connectivity index (χ0) is 4.24. The molecule has 1 aliphatic rings. The lowest BCUT2D eigenvalue weighted by Crippen LogP contribution is -1.85. The van der Waals surface area contributed by atoms with Crippen molar-refractivity contribution in [2.75, 3.05) is 0 Å². The van der Waals surface area contributed by atoms with Gasteiger partial charge in [-0.2, -0.15) is 0 Å². The van der Waals surface area contributed by atoms with E-state index in [0.29, 0.717) is 0 Å². The van der Waals surface area contributed by atoms with Crippen molar-refractivity contribution in [2.45, 2.75) is 38.5 Å². The molecule has 1 fully saturated rings. The molecule has 0 spiro atoms. The Kier molecular flexibility index (Phi) is 5.04. The van der Waals surface area contributed by atoms with Crippen molar-refractivity contribution in [3.8, 4) is 0 Å². The van der Waals surface area contributed by atoms with Crippen LogP contribution in [0.15, 0.2) is 0 Å². The molecule has 0 N–H and O–H groups in total. The van der Waals surface area contributed by atoms with Crippen molar-refractivity contribution in [2.24, 2.45) is 0 Å². The SMILES string of the molecule is C1CCCCC1.[AlH3]. The highest BCUT2D eigenvalue weighted by Gasteiger charge is 1.95. The summed E-state index contributed by atoms with van der Waals surface area (Å²) in [6, 6.07) is 0. The average Bonchev–Trinajstić information content (AvgIpc) is 1.72. The Hall–Kier alpha value is 0.532. The molecule has 0 bridgehead atoms. The van der Waals surface area contributed by atoms with Crippen LogP contribution in [0.5, 0.6) is 0 Å².